The van der Waals surface area contributed by atoms with Crippen LogP contribution >= 0.6 is 11.7 Å². The average molecular weight is 275 g/mol. The first-order valence-electron chi connectivity index (χ1n) is 6.72. The standard InChI is InChI=1S/C15H21N3S/c1-5-6-16-15(14-9-17-19-18-14)13-8-11(3)10(2)7-12(13)4/h7-9,15-16H,5-6H2,1-4H3. The highest BCUT2D eigenvalue weighted by Gasteiger charge is 2.18. The molecule has 3 nitrogen and oxygen atoms in total. The second-order valence-electron chi connectivity index (χ2n) is 5.01. The predicted molar refractivity (Wildman–Crippen MR) is 80.7 cm³/mol. The van der Waals surface area contributed by atoms with E-state index in [-0.39, 0.29) is 6.04 Å². The van der Waals surface area contributed by atoms with Crippen LogP contribution in [0.2, 0.25) is 0 Å². The number of benzene rings is 1. The van der Waals surface area contributed by atoms with Crippen LogP contribution in [-0.4, -0.2) is 15.3 Å². The van der Waals surface area contributed by atoms with E-state index in [2.05, 4.69) is 53.9 Å². The van der Waals surface area contributed by atoms with Gasteiger partial charge in [-0.2, -0.15) is 8.75 Å². The molecule has 0 saturated heterocycles. The minimum Gasteiger partial charge on any atom is -0.305 e. The number of aromatic nitrogens is 2. The molecule has 1 atom stereocenters. The Morgan fingerprint density at radius 2 is 1.89 bits per heavy atom. The summed E-state index contributed by atoms with van der Waals surface area (Å²) in [6.45, 7) is 9.65. The molecular weight excluding hydrogens is 254 g/mol. The van der Waals surface area contributed by atoms with E-state index in [0.29, 0.717) is 0 Å². The maximum Gasteiger partial charge on any atom is 0.0957 e. The molecule has 1 aromatic heterocycles. The van der Waals surface area contributed by atoms with E-state index < -0.39 is 0 Å². The molecule has 19 heavy (non-hydrogen) atoms. The van der Waals surface area contributed by atoms with Crippen LogP contribution in [0.1, 0.15) is 47.3 Å². The Kier molecular flexibility index (Phi) is 4.66. The molecule has 0 aliphatic carbocycles. The fourth-order valence-electron chi connectivity index (χ4n) is 2.26. The van der Waals surface area contributed by atoms with E-state index in [1.807, 2.05) is 6.20 Å². The van der Waals surface area contributed by atoms with E-state index in [9.17, 15) is 0 Å². The van der Waals surface area contributed by atoms with Gasteiger partial charge < -0.3 is 5.32 Å². The maximum atomic E-state index is 4.41. The first kappa shape index (κ1) is 14.2. The van der Waals surface area contributed by atoms with Crippen molar-refractivity contribution >= 4 is 11.7 Å². The molecule has 102 valence electrons. The smallest absolute Gasteiger partial charge is 0.0957 e. The summed E-state index contributed by atoms with van der Waals surface area (Å²) in [6, 6.07) is 4.68. The molecule has 1 aromatic carbocycles. The minimum absolute atomic E-state index is 0.151. The van der Waals surface area contributed by atoms with Gasteiger partial charge in [0.1, 0.15) is 0 Å². The van der Waals surface area contributed by atoms with Crippen molar-refractivity contribution in [1.29, 1.82) is 0 Å². The molecule has 0 amide bonds. The summed E-state index contributed by atoms with van der Waals surface area (Å²) in [7, 11) is 0. The number of hydrogen-bond donors (Lipinski definition) is 1. The molecule has 0 saturated carbocycles. The predicted octanol–water partition coefficient (Wildman–Crippen LogP) is 3.55. The van der Waals surface area contributed by atoms with E-state index in [1.165, 1.54) is 34.0 Å². The lowest BCUT2D eigenvalue weighted by molar-refractivity contribution is 0.587. The highest BCUT2D eigenvalue weighted by Crippen LogP contribution is 2.26. The topological polar surface area (TPSA) is 37.8 Å². The third kappa shape index (κ3) is 3.19. The van der Waals surface area contributed by atoms with Crippen LogP contribution in [0.3, 0.4) is 0 Å². The Morgan fingerprint density at radius 1 is 1.16 bits per heavy atom. The van der Waals surface area contributed by atoms with Crippen LogP contribution in [0.5, 0.6) is 0 Å². The van der Waals surface area contributed by atoms with E-state index in [4.69, 9.17) is 0 Å². The molecule has 1 heterocycles. The Hall–Kier alpha value is -1.26. The fraction of sp³-hybridized carbons (Fsp3) is 0.467. The van der Waals surface area contributed by atoms with Gasteiger partial charge in [-0.1, -0.05) is 19.1 Å². The van der Waals surface area contributed by atoms with Crippen LogP contribution < -0.4 is 5.32 Å². The average Bonchev–Trinajstić information content (AvgIpc) is 2.89. The van der Waals surface area contributed by atoms with Gasteiger partial charge in [-0.15, -0.1) is 0 Å². The molecular formula is C15H21N3S. The van der Waals surface area contributed by atoms with Gasteiger partial charge in [0.15, 0.2) is 0 Å². The number of nitrogens with one attached hydrogen (secondary N) is 1. The van der Waals surface area contributed by atoms with Crippen molar-refractivity contribution in [3.8, 4) is 0 Å². The number of aryl methyl sites for hydroxylation is 3. The Labute approximate surface area is 119 Å². The van der Waals surface area contributed by atoms with Gasteiger partial charge in [0.2, 0.25) is 0 Å². The minimum atomic E-state index is 0.151. The largest absolute Gasteiger partial charge is 0.305 e. The second kappa shape index (κ2) is 6.26. The molecule has 1 N–H and O–H groups in total. The van der Waals surface area contributed by atoms with Crippen LogP contribution in [0.4, 0.5) is 0 Å². The van der Waals surface area contributed by atoms with Gasteiger partial charge in [0.05, 0.1) is 29.7 Å². The van der Waals surface area contributed by atoms with Crippen molar-refractivity contribution in [1.82, 2.24) is 14.1 Å². The highest BCUT2D eigenvalue weighted by molar-refractivity contribution is 6.99. The van der Waals surface area contributed by atoms with E-state index in [1.54, 1.807) is 0 Å². The monoisotopic (exact) mass is 275 g/mol. The lowest BCUT2D eigenvalue weighted by Gasteiger charge is -2.20. The molecule has 4 heteroatoms. The summed E-state index contributed by atoms with van der Waals surface area (Å²) < 4.78 is 8.54. The first-order valence-corrected chi connectivity index (χ1v) is 7.45. The summed E-state index contributed by atoms with van der Waals surface area (Å²) in [5, 5.41) is 3.58. The molecule has 0 aliphatic rings. The first-order chi connectivity index (χ1) is 9.13. The van der Waals surface area contributed by atoms with Crippen LogP contribution in [-0.2, 0) is 0 Å². The molecule has 0 spiro atoms. The third-order valence-corrected chi connectivity index (χ3v) is 3.96. The summed E-state index contributed by atoms with van der Waals surface area (Å²) in [4.78, 5) is 0. The zero-order valence-electron chi connectivity index (χ0n) is 12.0. The van der Waals surface area contributed by atoms with Gasteiger partial charge in [-0.05, 0) is 56.0 Å². The van der Waals surface area contributed by atoms with Crippen molar-refractivity contribution in [3.63, 3.8) is 0 Å². The van der Waals surface area contributed by atoms with Gasteiger partial charge >= 0.3 is 0 Å². The van der Waals surface area contributed by atoms with Gasteiger partial charge in [-0.25, -0.2) is 0 Å². The molecule has 2 rings (SSSR count). The van der Waals surface area contributed by atoms with Crippen molar-refractivity contribution < 1.29 is 0 Å². The van der Waals surface area contributed by atoms with Crippen molar-refractivity contribution in [2.24, 2.45) is 0 Å². The van der Waals surface area contributed by atoms with Gasteiger partial charge in [0.25, 0.3) is 0 Å². The van der Waals surface area contributed by atoms with Crippen molar-refractivity contribution in [3.05, 3.63) is 46.3 Å². The molecule has 0 aliphatic heterocycles. The SMILES string of the molecule is CCCNC(c1cnsn1)c1cc(C)c(C)cc1C. The number of hydrogen-bond acceptors (Lipinski definition) is 4. The number of rotatable bonds is 5. The summed E-state index contributed by atoms with van der Waals surface area (Å²) >= 11 is 1.27. The summed E-state index contributed by atoms with van der Waals surface area (Å²) in [5.41, 5.74) is 6.30. The van der Waals surface area contributed by atoms with E-state index in [0.717, 1.165) is 18.7 Å². The fourth-order valence-corrected chi connectivity index (χ4v) is 2.70. The van der Waals surface area contributed by atoms with Crippen LogP contribution in [0, 0.1) is 20.8 Å². The molecule has 2 aromatic rings. The van der Waals surface area contributed by atoms with Gasteiger partial charge in [0, 0.05) is 0 Å². The zero-order valence-corrected chi connectivity index (χ0v) is 12.8. The zero-order chi connectivity index (χ0) is 13.8. The highest BCUT2D eigenvalue weighted by atomic mass is 32.1. The number of nitrogens with zero attached hydrogens (tertiary/aromatic N) is 2. The van der Waals surface area contributed by atoms with Gasteiger partial charge in [-0.3, -0.25) is 0 Å². The van der Waals surface area contributed by atoms with Crippen molar-refractivity contribution in [2.45, 2.75) is 40.2 Å². The van der Waals surface area contributed by atoms with Crippen molar-refractivity contribution in [2.75, 3.05) is 6.54 Å². The normalized spacial score (nSPS) is 12.6. The van der Waals surface area contributed by atoms with Crippen LogP contribution in [0.25, 0.3) is 0 Å². The molecule has 0 bridgehead atoms. The maximum absolute atomic E-state index is 4.41. The Bertz CT molecular complexity index is 535. The third-order valence-electron chi connectivity index (χ3n) is 3.47. The Balaban J connectivity index is 2.40. The quantitative estimate of drug-likeness (QED) is 0.906. The molecule has 1 unspecified atom stereocenters. The molecule has 0 radical (unpaired) electrons. The van der Waals surface area contributed by atoms with Crippen LogP contribution in [0.15, 0.2) is 18.3 Å². The van der Waals surface area contributed by atoms with E-state index >= 15 is 0 Å². The lowest BCUT2D eigenvalue weighted by Crippen LogP contribution is -2.24. The summed E-state index contributed by atoms with van der Waals surface area (Å²) in [5.74, 6) is 0. The lowest BCUT2D eigenvalue weighted by atomic mass is 9.94. The molecule has 0 fully saturated rings. The second-order valence-corrected chi connectivity index (χ2v) is 5.57. The Morgan fingerprint density at radius 3 is 2.53 bits per heavy atom. The summed E-state index contributed by atoms with van der Waals surface area (Å²) in [6.07, 6.45) is 2.98.